The number of ether oxygens (including phenoxy) is 4. The Morgan fingerprint density at radius 2 is 2.22 bits per heavy atom. The Bertz CT molecular complexity index is 460. The van der Waals surface area contributed by atoms with E-state index >= 15 is 0 Å². The van der Waals surface area contributed by atoms with E-state index in [0.717, 1.165) is 0 Å². The number of carbonyl (C=O) groups excluding carboxylic acids is 1. The molecule has 2 rings (SSSR count). The molecule has 1 aromatic rings. The van der Waals surface area contributed by atoms with Crippen molar-refractivity contribution in [3.8, 4) is 11.5 Å². The van der Waals surface area contributed by atoms with Gasteiger partial charge in [-0.25, -0.2) is 4.79 Å². The highest BCUT2D eigenvalue weighted by molar-refractivity contribution is 5.96. The number of benzene rings is 1. The lowest BCUT2D eigenvalue weighted by atomic mass is 10.1. The molecular formula is C12H15NO5. The summed E-state index contributed by atoms with van der Waals surface area (Å²) >= 11 is 0. The minimum absolute atomic E-state index is 0.198. The van der Waals surface area contributed by atoms with Gasteiger partial charge >= 0.3 is 5.97 Å². The van der Waals surface area contributed by atoms with Crippen LogP contribution in [0.15, 0.2) is 12.1 Å². The Morgan fingerprint density at radius 3 is 2.89 bits per heavy atom. The van der Waals surface area contributed by atoms with Crippen LogP contribution in [0.25, 0.3) is 0 Å². The first-order valence-electron chi connectivity index (χ1n) is 5.46. The van der Waals surface area contributed by atoms with E-state index in [0.29, 0.717) is 30.4 Å². The molecule has 0 amide bonds. The molecule has 0 saturated carbocycles. The molecule has 18 heavy (non-hydrogen) atoms. The lowest BCUT2D eigenvalue weighted by Crippen LogP contribution is -2.33. The fraction of sp³-hybridized carbons (Fsp3) is 0.417. The zero-order chi connectivity index (χ0) is 13.1. The van der Waals surface area contributed by atoms with Crippen molar-refractivity contribution >= 4 is 11.7 Å². The lowest BCUT2D eigenvalue weighted by molar-refractivity contribution is 0.0270. The van der Waals surface area contributed by atoms with Gasteiger partial charge in [-0.3, -0.25) is 0 Å². The SMILES string of the molecule is COCC1COc2cc(N)c(C(=O)OC)cc2O1. The summed E-state index contributed by atoms with van der Waals surface area (Å²) < 4.78 is 20.8. The number of carbonyl (C=O) groups is 1. The van der Waals surface area contributed by atoms with Crippen LogP contribution in [0.2, 0.25) is 0 Å². The van der Waals surface area contributed by atoms with Crippen LogP contribution < -0.4 is 15.2 Å². The molecule has 1 unspecified atom stereocenters. The van der Waals surface area contributed by atoms with Gasteiger partial charge in [-0.15, -0.1) is 0 Å². The van der Waals surface area contributed by atoms with E-state index in [9.17, 15) is 4.79 Å². The summed E-state index contributed by atoms with van der Waals surface area (Å²) in [5.41, 5.74) is 6.32. The molecule has 6 heteroatoms. The molecule has 2 N–H and O–H groups in total. The minimum Gasteiger partial charge on any atom is -0.486 e. The minimum atomic E-state index is -0.507. The third kappa shape index (κ3) is 2.33. The van der Waals surface area contributed by atoms with E-state index in [1.54, 1.807) is 13.2 Å². The second-order valence-electron chi connectivity index (χ2n) is 3.88. The van der Waals surface area contributed by atoms with Crippen molar-refractivity contribution in [1.29, 1.82) is 0 Å². The Balaban J connectivity index is 2.29. The number of anilines is 1. The van der Waals surface area contributed by atoms with Gasteiger partial charge in [-0.2, -0.15) is 0 Å². The van der Waals surface area contributed by atoms with Crippen molar-refractivity contribution in [2.75, 3.05) is 33.2 Å². The molecule has 1 heterocycles. The van der Waals surface area contributed by atoms with E-state index in [1.165, 1.54) is 13.2 Å². The topological polar surface area (TPSA) is 80.0 Å². The molecule has 0 saturated heterocycles. The summed E-state index contributed by atoms with van der Waals surface area (Å²) in [5, 5.41) is 0. The van der Waals surface area contributed by atoms with Crippen molar-refractivity contribution < 1.29 is 23.7 Å². The van der Waals surface area contributed by atoms with Crippen LogP contribution in [0.5, 0.6) is 11.5 Å². The third-order valence-corrected chi connectivity index (χ3v) is 2.59. The number of methoxy groups -OCH3 is 2. The van der Waals surface area contributed by atoms with Crippen molar-refractivity contribution in [3.63, 3.8) is 0 Å². The van der Waals surface area contributed by atoms with Crippen LogP contribution in [0.4, 0.5) is 5.69 Å². The standard InChI is InChI=1S/C12H15NO5/c1-15-5-7-6-17-10-4-9(13)8(12(14)16-2)3-11(10)18-7/h3-4,7H,5-6,13H2,1-2H3. The first-order valence-corrected chi connectivity index (χ1v) is 5.46. The largest absolute Gasteiger partial charge is 0.486 e. The number of rotatable bonds is 3. The van der Waals surface area contributed by atoms with E-state index < -0.39 is 5.97 Å². The predicted octanol–water partition coefficient (Wildman–Crippen LogP) is 0.842. The molecule has 6 nitrogen and oxygen atoms in total. The maximum Gasteiger partial charge on any atom is 0.340 e. The Hall–Kier alpha value is -1.95. The first-order chi connectivity index (χ1) is 8.65. The number of fused-ring (bicyclic) bond motifs is 1. The molecule has 1 atom stereocenters. The Kier molecular flexibility index (Phi) is 3.57. The molecule has 0 fully saturated rings. The molecule has 0 bridgehead atoms. The van der Waals surface area contributed by atoms with Crippen molar-refractivity contribution in [1.82, 2.24) is 0 Å². The second-order valence-corrected chi connectivity index (χ2v) is 3.88. The van der Waals surface area contributed by atoms with Gasteiger partial charge in [0.25, 0.3) is 0 Å². The van der Waals surface area contributed by atoms with Crippen LogP contribution in [0.1, 0.15) is 10.4 Å². The van der Waals surface area contributed by atoms with Crippen LogP contribution in [-0.4, -0.2) is 39.5 Å². The van der Waals surface area contributed by atoms with Crippen molar-refractivity contribution in [3.05, 3.63) is 17.7 Å². The van der Waals surface area contributed by atoms with Crippen LogP contribution >= 0.6 is 0 Å². The highest BCUT2D eigenvalue weighted by atomic mass is 16.6. The number of nitrogens with two attached hydrogens (primary N) is 1. The normalized spacial score (nSPS) is 17.3. The predicted molar refractivity (Wildman–Crippen MR) is 64.0 cm³/mol. The van der Waals surface area contributed by atoms with E-state index in [-0.39, 0.29) is 11.7 Å². The number of hydrogen-bond donors (Lipinski definition) is 1. The van der Waals surface area contributed by atoms with E-state index in [1.807, 2.05) is 0 Å². The molecule has 0 aromatic heterocycles. The van der Waals surface area contributed by atoms with Crippen molar-refractivity contribution in [2.45, 2.75) is 6.10 Å². The van der Waals surface area contributed by atoms with Gasteiger partial charge in [0.15, 0.2) is 17.6 Å². The molecule has 0 radical (unpaired) electrons. The molecule has 1 aliphatic rings. The summed E-state index contributed by atoms with van der Waals surface area (Å²) in [4.78, 5) is 11.5. The maximum atomic E-state index is 11.5. The third-order valence-electron chi connectivity index (χ3n) is 2.59. The second kappa shape index (κ2) is 5.14. The summed E-state index contributed by atoms with van der Waals surface area (Å²) in [7, 11) is 2.88. The number of nitrogen functional groups attached to an aromatic ring is 1. The molecule has 1 aromatic carbocycles. The number of esters is 1. The van der Waals surface area contributed by atoms with E-state index in [4.69, 9.17) is 19.9 Å². The van der Waals surface area contributed by atoms with Gasteiger partial charge in [0, 0.05) is 19.2 Å². The fourth-order valence-electron chi connectivity index (χ4n) is 1.73. The molecule has 1 aliphatic heterocycles. The van der Waals surface area contributed by atoms with Gasteiger partial charge in [-0.05, 0) is 0 Å². The Labute approximate surface area is 105 Å². The molecule has 0 aliphatic carbocycles. The quantitative estimate of drug-likeness (QED) is 0.635. The summed E-state index contributed by atoms with van der Waals surface area (Å²) in [5.74, 6) is 0.484. The van der Waals surface area contributed by atoms with E-state index in [2.05, 4.69) is 4.74 Å². The average Bonchev–Trinajstić information content (AvgIpc) is 2.38. The lowest BCUT2D eigenvalue weighted by Gasteiger charge is -2.26. The van der Waals surface area contributed by atoms with Crippen LogP contribution in [-0.2, 0) is 9.47 Å². The van der Waals surface area contributed by atoms with Gasteiger partial charge < -0.3 is 24.7 Å². The summed E-state index contributed by atoms with van der Waals surface area (Å²) in [6.45, 7) is 0.801. The Morgan fingerprint density at radius 1 is 1.44 bits per heavy atom. The molecule has 0 spiro atoms. The highest BCUT2D eigenvalue weighted by Crippen LogP contribution is 2.36. The van der Waals surface area contributed by atoms with Gasteiger partial charge in [-0.1, -0.05) is 0 Å². The van der Waals surface area contributed by atoms with Crippen LogP contribution in [0.3, 0.4) is 0 Å². The first kappa shape index (κ1) is 12.5. The highest BCUT2D eigenvalue weighted by Gasteiger charge is 2.24. The fourth-order valence-corrected chi connectivity index (χ4v) is 1.73. The zero-order valence-corrected chi connectivity index (χ0v) is 10.3. The summed E-state index contributed by atoms with van der Waals surface area (Å²) in [6.07, 6.45) is -0.198. The van der Waals surface area contributed by atoms with Gasteiger partial charge in [0.1, 0.15) is 6.61 Å². The monoisotopic (exact) mass is 253 g/mol. The smallest absolute Gasteiger partial charge is 0.340 e. The number of hydrogen-bond acceptors (Lipinski definition) is 6. The van der Waals surface area contributed by atoms with Crippen LogP contribution in [0, 0.1) is 0 Å². The summed E-state index contributed by atoms with van der Waals surface area (Å²) in [6, 6.07) is 3.09. The maximum absolute atomic E-state index is 11.5. The van der Waals surface area contributed by atoms with Gasteiger partial charge in [0.2, 0.25) is 0 Å². The molecular weight excluding hydrogens is 238 g/mol. The van der Waals surface area contributed by atoms with Crippen molar-refractivity contribution in [2.24, 2.45) is 0 Å². The van der Waals surface area contributed by atoms with Gasteiger partial charge in [0.05, 0.1) is 25.0 Å². The molecule has 98 valence electrons. The zero-order valence-electron chi connectivity index (χ0n) is 10.3. The average molecular weight is 253 g/mol.